The third-order valence-corrected chi connectivity index (χ3v) is 5.63. The molecule has 0 atom stereocenters. The maximum Gasteiger partial charge on any atom is 0.416 e. The van der Waals surface area contributed by atoms with Gasteiger partial charge in [-0.05, 0) is 54.5 Å². The lowest BCUT2D eigenvalue weighted by atomic mass is 10.0. The Balaban J connectivity index is 1.86. The van der Waals surface area contributed by atoms with E-state index in [1.165, 1.54) is 17.4 Å². The summed E-state index contributed by atoms with van der Waals surface area (Å²) in [5.41, 5.74) is 1.88. The van der Waals surface area contributed by atoms with Gasteiger partial charge in [0.15, 0.2) is 5.78 Å². The van der Waals surface area contributed by atoms with Crippen LogP contribution in [0.3, 0.4) is 0 Å². The first-order chi connectivity index (χ1) is 12.3. The number of hydrogen-bond acceptors (Lipinski definition) is 2. The standard InChI is InChI=1S/C21H18F3OS/c1-3-16-17-8-7-15(21(22,23)24)12-20(17)26-19(16)10-9-18(25)14-6-4-5-13(2)11-14/h4-8,12H,3,9-10H2,1-2H3. The van der Waals surface area contributed by atoms with Crippen molar-refractivity contribution in [2.24, 2.45) is 0 Å². The molecule has 26 heavy (non-hydrogen) atoms. The number of benzene rings is 2. The van der Waals surface area contributed by atoms with E-state index >= 15 is 0 Å². The molecule has 0 bridgehead atoms. The average Bonchev–Trinajstić information content (AvgIpc) is 2.95. The molecule has 0 N–H and O–H groups in total. The molecule has 0 spiro atoms. The molecule has 2 aromatic carbocycles. The van der Waals surface area contributed by atoms with Gasteiger partial charge in [0.2, 0.25) is 0 Å². The normalized spacial score (nSPS) is 11.9. The fourth-order valence-corrected chi connectivity index (χ4v) is 4.41. The number of fused-ring (bicyclic) bond motifs is 1. The molecule has 5 heteroatoms. The highest BCUT2D eigenvalue weighted by Crippen LogP contribution is 2.37. The molecule has 0 unspecified atom stereocenters. The largest absolute Gasteiger partial charge is 0.416 e. The van der Waals surface area contributed by atoms with Gasteiger partial charge in [-0.15, -0.1) is 11.3 Å². The fourth-order valence-electron chi connectivity index (χ4n) is 3.08. The molecular weight excluding hydrogens is 357 g/mol. The first-order valence-electron chi connectivity index (χ1n) is 8.43. The number of aryl methyl sites for hydroxylation is 3. The molecule has 1 nitrogen and oxygen atoms in total. The number of alkyl halides is 3. The number of Topliss-reactive ketones (excluding diaryl/α,β-unsaturated/α-hetero) is 1. The maximum atomic E-state index is 12.9. The van der Waals surface area contributed by atoms with Crippen LogP contribution >= 0.6 is 11.3 Å². The summed E-state index contributed by atoms with van der Waals surface area (Å²) in [7, 11) is 0. The van der Waals surface area contributed by atoms with Crippen molar-refractivity contribution in [3.8, 4) is 0 Å². The predicted octanol–water partition coefficient (Wildman–Crippen LogP) is 6.41. The first kappa shape index (κ1) is 18.6. The van der Waals surface area contributed by atoms with Crippen molar-refractivity contribution in [1.82, 2.24) is 0 Å². The smallest absolute Gasteiger partial charge is 0.294 e. The summed E-state index contributed by atoms with van der Waals surface area (Å²) in [6.45, 7) is 3.87. The zero-order valence-electron chi connectivity index (χ0n) is 14.5. The minimum Gasteiger partial charge on any atom is -0.294 e. The third-order valence-electron chi connectivity index (χ3n) is 4.38. The Kier molecular flexibility index (Phi) is 5.19. The van der Waals surface area contributed by atoms with Gasteiger partial charge in [0.25, 0.3) is 0 Å². The summed E-state index contributed by atoms with van der Waals surface area (Å²) in [5.74, 6) is 0.00388. The first-order valence-corrected chi connectivity index (χ1v) is 9.25. The molecule has 1 radical (unpaired) electrons. The van der Waals surface area contributed by atoms with Crippen LogP contribution in [0, 0.1) is 13.0 Å². The Bertz CT molecular complexity index is 954. The topological polar surface area (TPSA) is 17.1 Å². The molecule has 0 aliphatic rings. The van der Waals surface area contributed by atoms with Crippen molar-refractivity contribution in [3.63, 3.8) is 0 Å². The zero-order chi connectivity index (χ0) is 18.9. The second kappa shape index (κ2) is 7.23. The molecule has 3 aromatic rings. The van der Waals surface area contributed by atoms with Crippen LogP contribution in [0.25, 0.3) is 10.1 Å². The number of carbonyl (C=O) groups is 1. The van der Waals surface area contributed by atoms with Gasteiger partial charge < -0.3 is 0 Å². The molecule has 0 saturated heterocycles. The van der Waals surface area contributed by atoms with Gasteiger partial charge in [-0.2, -0.15) is 13.2 Å². The molecule has 3 rings (SSSR count). The van der Waals surface area contributed by atoms with Crippen molar-refractivity contribution in [3.05, 3.63) is 69.6 Å². The molecule has 0 saturated carbocycles. The quantitative estimate of drug-likeness (QED) is 0.471. The van der Waals surface area contributed by atoms with E-state index in [0.717, 1.165) is 33.9 Å². The van der Waals surface area contributed by atoms with Gasteiger partial charge in [-0.3, -0.25) is 4.79 Å². The van der Waals surface area contributed by atoms with Crippen molar-refractivity contribution in [2.45, 2.75) is 39.3 Å². The number of ketones is 1. The lowest BCUT2D eigenvalue weighted by Gasteiger charge is -2.06. The highest BCUT2D eigenvalue weighted by Gasteiger charge is 2.31. The minimum atomic E-state index is -4.35. The minimum absolute atomic E-state index is 0.00388. The number of hydrogen-bond donors (Lipinski definition) is 0. The highest BCUT2D eigenvalue weighted by molar-refractivity contribution is 7.19. The summed E-state index contributed by atoms with van der Waals surface area (Å²) >= 11 is 1.36. The van der Waals surface area contributed by atoms with Crippen LogP contribution in [-0.2, 0) is 19.0 Å². The molecule has 0 aliphatic heterocycles. The van der Waals surface area contributed by atoms with E-state index in [9.17, 15) is 18.0 Å². The third kappa shape index (κ3) is 3.83. The number of thiophene rings is 1. The summed E-state index contributed by atoms with van der Waals surface area (Å²) in [4.78, 5) is 13.4. The van der Waals surface area contributed by atoms with Gasteiger partial charge >= 0.3 is 6.18 Å². The lowest BCUT2D eigenvalue weighted by Crippen LogP contribution is -2.03. The van der Waals surface area contributed by atoms with Gasteiger partial charge in [0, 0.05) is 21.6 Å². The highest BCUT2D eigenvalue weighted by atomic mass is 32.1. The van der Waals surface area contributed by atoms with Crippen LogP contribution < -0.4 is 0 Å². The van der Waals surface area contributed by atoms with Gasteiger partial charge in [-0.1, -0.05) is 31.2 Å². The van der Waals surface area contributed by atoms with Crippen molar-refractivity contribution in [2.75, 3.05) is 0 Å². The molecule has 0 aliphatic carbocycles. The molecule has 0 fully saturated rings. The SMILES string of the molecule is CCc1c(CCC(=O)c2[c]c(C)ccc2)sc2cc(C(F)(F)F)ccc12. The van der Waals surface area contributed by atoms with Crippen LogP contribution in [0.2, 0.25) is 0 Å². The Labute approximate surface area is 154 Å². The molecule has 1 heterocycles. The molecular formula is C21H18F3OS. The van der Waals surface area contributed by atoms with Crippen LogP contribution in [0.5, 0.6) is 0 Å². The van der Waals surface area contributed by atoms with Crippen molar-refractivity contribution in [1.29, 1.82) is 0 Å². The Morgan fingerprint density at radius 3 is 2.62 bits per heavy atom. The summed E-state index contributed by atoms with van der Waals surface area (Å²) < 4.78 is 39.4. The predicted molar refractivity (Wildman–Crippen MR) is 98.9 cm³/mol. The maximum absolute atomic E-state index is 12.9. The summed E-state index contributed by atoms with van der Waals surface area (Å²) in [6.07, 6.45) is -2.76. The number of rotatable bonds is 5. The Morgan fingerprint density at radius 2 is 1.96 bits per heavy atom. The number of halogens is 3. The second-order valence-corrected chi connectivity index (χ2v) is 7.37. The molecule has 1 aromatic heterocycles. The van der Waals surface area contributed by atoms with Gasteiger partial charge in [0.05, 0.1) is 5.56 Å². The van der Waals surface area contributed by atoms with Crippen LogP contribution in [0.1, 0.15) is 45.3 Å². The van der Waals surface area contributed by atoms with E-state index in [1.54, 1.807) is 12.1 Å². The zero-order valence-corrected chi connectivity index (χ0v) is 15.4. The van der Waals surface area contributed by atoms with Crippen LogP contribution in [0.15, 0.2) is 36.4 Å². The average molecular weight is 375 g/mol. The van der Waals surface area contributed by atoms with E-state index in [1.807, 2.05) is 26.0 Å². The van der Waals surface area contributed by atoms with Crippen molar-refractivity contribution >= 4 is 27.2 Å². The fraction of sp³-hybridized carbons (Fsp3) is 0.286. The summed E-state index contributed by atoms with van der Waals surface area (Å²) in [6, 6.07) is 12.4. The summed E-state index contributed by atoms with van der Waals surface area (Å²) in [5, 5.41) is 0.857. The Morgan fingerprint density at radius 1 is 1.19 bits per heavy atom. The van der Waals surface area contributed by atoms with E-state index in [-0.39, 0.29) is 5.78 Å². The Hall–Kier alpha value is -2.14. The van der Waals surface area contributed by atoms with E-state index in [2.05, 4.69) is 6.07 Å². The second-order valence-electron chi connectivity index (χ2n) is 6.24. The monoisotopic (exact) mass is 375 g/mol. The van der Waals surface area contributed by atoms with Gasteiger partial charge in [-0.25, -0.2) is 0 Å². The van der Waals surface area contributed by atoms with E-state index in [0.29, 0.717) is 23.1 Å². The van der Waals surface area contributed by atoms with Crippen molar-refractivity contribution < 1.29 is 18.0 Å². The van der Waals surface area contributed by atoms with E-state index < -0.39 is 11.7 Å². The van der Waals surface area contributed by atoms with Crippen LogP contribution in [0.4, 0.5) is 13.2 Å². The van der Waals surface area contributed by atoms with Crippen LogP contribution in [-0.4, -0.2) is 5.78 Å². The lowest BCUT2D eigenvalue weighted by molar-refractivity contribution is -0.137. The van der Waals surface area contributed by atoms with Gasteiger partial charge in [0.1, 0.15) is 0 Å². The number of carbonyl (C=O) groups excluding carboxylic acids is 1. The molecule has 135 valence electrons. The molecule has 0 amide bonds. The van der Waals surface area contributed by atoms with E-state index in [4.69, 9.17) is 0 Å².